The molecule has 5 nitrogen and oxygen atoms in total. The topological polar surface area (TPSA) is 56.1 Å². The number of rotatable bonds is 1. The first-order valence-corrected chi connectivity index (χ1v) is 6.16. The van der Waals surface area contributed by atoms with Gasteiger partial charge in [-0.15, -0.1) is 0 Å². The monoisotopic (exact) mass is 257 g/mol. The molecule has 0 bridgehead atoms. The second-order valence-electron chi connectivity index (χ2n) is 4.63. The summed E-state index contributed by atoms with van der Waals surface area (Å²) in [6.45, 7) is 3.85. The largest absolute Gasteiger partial charge is 0.466 e. The van der Waals surface area contributed by atoms with Crippen LogP contribution in [0.1, 0.15) is 19.9 Å². The van der Waals surface area contributed by atoms with Gasteiger partial charge in [-0.25, -0.2) is 9.78 Å². The molecule has 0 spiro atoms. The standard InChI is InChI=1S/C14H15N3O2/c1-8-12(13(18)19-3)9(2)17-11-7-5-4-6-10(11)16-14(17)15-8/h4-7,9H,1-3H3,(H,15,16). The van der Waals surface area contributed by atoms with Crippen molar-refractivity contribution in [2.24, 2.45) is 0 Å². The Morgan fingerprint density at radius 2 is 2.16 bits per heavy atom. The molecule has 0 amide bonds. The number of hydrogen-bond donors (Lipinski definition) is 1. The molecule has 1 atom stereocenters. The number of methoxy groups -OCH3 is 1. The summed E-state index contributed by atoms with van der Waals surface area (Å²) in [5, 5.41) is 3.18. The molecular weight excluding hydrogens is 242 g/mol. The summed E-state index contributed by atoms with van der Waals surface area (Å²) in [5.74, 6) is 0.458. The first kappa shape index (κ1) is 11.8. The van der Waals surface area contributed by atoms with Crippen LogP contribution in [0.4, 0.5) is 5.95 Å². The third-order valence-corrected chi connectivity index (χ3v) is 3.51. The summed E-state index contributed by atoms with van der Waals surface area (Å²) in [6, 6.07) is 7.78. The van der Waals surface area contributed by atoms with Crippen molar-refractivity contribution in [2.45, 2.75) is 19.9 Å². The summed E-state index contributed by atoms with van der Waals surface area (Å²) in [6.07, 6.45) is 0. The molecule has 0 fully saturated rings. The summed E-state index contributed by atoms with van der Waals surface area (Å²) < 4.78 is 6.89. The fourth-order valence-electron chi connectivity index (χ4n) is 2.64. The number of para-hydroxylation sites is 2. The average Bonchev–Trinajstić information content (AvgIpc) is 2.76. The van der Waals surface area contributed by atoms with Gasteiger partial charge in [0, 0.05) is 5.70 Å². The number of nitrogens with zero attached hydrogens (tertiary/aromatic N) is 2. The van der Waals surface area contributed by atoms with Crippen LogP contribution in [-0.4, -0.2) is 22.6 Å². The fourth-order valence-corrected chi connectivity index (χ4v) is 2.64. The molecule has 3 rings (SSSR count). The zero-order valence-electron chi connectivity index (χ0n) is 11.1. The van der Waals surface area contributed by atoms with E-state index in [2.05, 4.69) is 10.3 Å². The van der Waals surface area contributed by atoms with Crippen LogP contribution < -0.4 is 5.32 Å². The van der Waals surface area contributed by atoms with Crippen molar-refractivity contribution in [1.29, 1.82) is 0 Å². The zero-order valence-corrected chi connectivity index (χ0v) is 11.1. The normalized spacial score (nSPS) is 18.2. The number of carbonyl (C=O) groups excluding carboxylic acids is 1. The lowest BCUT2D eigenvalue weighted by Gasteiger charge is -2.26. The number of esters is 1. The number of allylic oxidation sites excluding steroid dienone is 1. The molecule has 5 heteroatoms. The van der Waals surface area contributed by atoms with Crippen LogP contribution in [0.25, 0.3) is 11.0 Å². The van der Waals surface area contributed by atoms with Gasteiger partial charge in [0.25, 0.3) is 0 Å². The number of ether oxygens (including phenoxy) is 1. The van der Waals surface area contributed by atoms with Crippen molar-refractivity contribution in [1.82, 2.24) is 9.55 Å². The van der Waals surface area contributed by atoms with Crippen LogP contribution in [0.15, 0.2) is 35.5 Å². The minimum absolute atomic E-state index is 0.101. The highest BCUT2D eigenvalue weighted by Crippen LogP contribution is 2.34. The van der Waals surface area contributed by atoms with Crippen molar-refractivity contribution in [2.75, 3.05) is 12.4 Å². The Labute approximate surface area is 110 Å². The van der Waals surface area contributed by atoms with Crippen molar-refractivity contribution in [3.63, 3.8) is 0 Å². The number of benzene rings is 1. The van der Waals surface area contributed by atoms with E-state index in [0.29, 0.717) is 5.57 Å². The Balaban J connectivity index is 2.20. The molecule has 1 aliphatic heterocycles. The van der Waals surface area contributed by atoms with E-state index < -0.39 is 0 Å². The van der Waals surface area contributed by atoms with Crippen LogP contribution in [0.2, 0.25) is 0 Å². The van der Waals surface area contributed by atoms with Crippen LogP contribution in [0.5, 0.6) is 0 Å². The molecule has 1 aromatic carbocycles. The molecule has 2 aromatic rings. The van der Waals surface area contributed by atoms with Gasteiger partial charge in [0.05, 0.1) is 29.8 Å². The number of carbonyl (C=O) groups is 1. The number of aromatic nitrogens is 2. The van der Waals surface area contributed by atoms with E-state index >= 15 is 0 Å². The second kappa shape index (κ2) is 4.12. The molecule has 1 N–H and O–H groups in total. The van der Waals surface area contributed by atoms with E-state index in [9.17, 15) is 4.79 Å². The van der Waals surface area contributed by atoms with E-state index in [1.54, 1.807) is 0 Å². The van der Waals surface area contributed by atoms with Crippen molar-refractivity contribution in [3.8, 4) is 0 Å². The lowest BCUT2D eigenvalue weighted by molar-refractivity contribution is -0.136. The molecule has 0 saturated carbocycles. The third-order valence-electron chi connectivity index (χ3n) is 3.51. The smallest absolute Gasteiger partial charge is 0.337 e. The Hall–Kier alpha value is -2.30. The van der Waals surface area contributed by atoms with Crippen molar-refractivity contribution < 1.29 is 9.53 Å². The van der Waals surface area contributed by atoms with E-state index in [-0.39, 0.29) is 12.0 Å². The van der Waals surface area contributed by atoms with Gasteiger partial charge < -0.3 is 14.6 Å². The maximum Gasteiger partial charge on any atom is 0.337 e. The number of imidazole rings is 1. The molecule has 0 radical (unpaired) electrons. The van der Waals surface area contributed by atoms with Crippen LogP contribution in [-0.2, 0) is 9.53 Å². The molecule has 98 valence electrons. The SMILES string of the molecule is COC(=O)C1=C(C)Nc2nc3ccccc3n2C1C. The Morgan fingerprint density at radius 3 is 2.89 bits per heavy atom. The van der Waals surface area contributed by atoms with Crippen LogP contribution >= 0.6 is 0 Å². The minimum atomic E-state index is -0.305. The second-order valence-corrected chi connectivity index (χ2v) is 4.63. The molecule has 1 aliphatic rings. The predicted octanol–water partition coefficient (Wildman–Crippen LogP) is 2.47. The van der Waals surface area contributed by atoms with E-state index in [0.717, 1.165) is 22.7 Å². The summed E-state index contributed by atoms with van der Waals surface area (Å²) in [5.41, 5.74) is 3.35. The van der Waals surface area contributed by atoms with E-state index in [1.165, 1.54) is 7.11 Å². The molecule has 2 heterocycles. The molecule has 0 saturated heterocycles. The van der Waals surface area contributed by atoms with Crippen molar-refractivity contribution in [3.05, 3.63) is 35.5 Å². The highest BCUT2D eigenvalue weighted by atomic mass is 16.5. The van der Waals surface area contributed by atoms with Crippen molar-refractivity contribution >= 4 is 23.0 Å². The molecule has 1 aromatic heterocycles. The zero-order chi connectivity index (χ0) is 13.6. The highest BCUT2D eigenvalue weighted by Gasteiger charge is 2.30. The summed E-state index contributed by atoms with van der Waals surface area (Å²) in [4.78, 5) is 16.4. The van der Waals surface area contributed by atoms with Gasteiger partial charge >= 0.3 is 5.97 Å². The maximum atomic E-state index is 11.9. The number of anilines is 1. The van der Waals surface area contributed by atoms with Gasteiger partial charge in [-0.2, -0.15) is 0 Å². The van der Waals surface area contributed by atoms with Gasteiger partial charge in [-0.1, -0.05) is 12.1 Å². The predicted molar refractivity (Wildman–Crippen MR) is 72.8 cm³/mol. The van der Waals surface area contributed by atoms with Crippen LogP contribution in [0.3, 0.4) is 0 Å². The molecule has 1 unspecified atom stereocenters. The molecular formula is C14H15N3O2. The Morgan fingerprint density at radius 1 is 1.42 bits per heavy atom. The Bertz CT molecular complexity index is 700. The minimum Gasteiger partial charge on any atom is -0.466 e. The number of hydrogen-bond acceptors (Lipinski definition) is 4. The fraction of sp³-hybridized carbons (Fsp3) is 0.286. The maximum absolute atomic E-state index is 11.9. The average molecular weight is 257 g/mol. The van der Waals surface area contributed by atoms with E-state index in [4.69, 9.17) is 4.74 Å². The van der Waals surface area contributed by atoms with Gasteiger partial charge in [-0.3, -0.25) is 0 Å². The lowest BCUT2D eigenvalue weighted by atomic mass is 10.0. The third kappa shape index (κ3) is 1.62. The summed E-state index contributed by atoms with van der Waals surface area (Å²) >= 11 is 0. The van der Waals surface area contributed by atoms with Gasteiger partial charge in [0.2, 0.25) is 5.95 Å². The van der Waals surface area contributed by atoms with Gasteiger partial charge in [0.15, 0.2) is 0 Å². The first-order chi connectivity index (χ1) is 9.13. The Kier molecular flexibility index (Phi) is 2.55. The quantitative estimate of drug-likeness (QED) is 0.797. The number of nitrogens with one attached hydrogen (secondary N) is 1. The van der Waals surface area contributed by atoms with Gasteiger partial charge in [0.1, 0.15) is 0 Å². The summed E-state index contributed by atoms with van der Waals surface area (Å²) in [7, 11) is 1.40. The van der Waals surface area contributed by atoms with Crippen LogP contribution in [0, 0.1) is 0 Å². The van der Waals surface area contributed by atoms with Gasteiger partial charge in [-0.05, 0) is 26.0 Å². The molecule has 0 aliphatic carbocycles. The lowest BCUT2D eigenvalue weighted by Crippen LogP contribution is -2.25. The number of fused-ring (bicyclic) bond motifs is 3. The molecule has 19 heavy (non-hydrogen) atoms. The van der Waals surface area contributed by atoms with E-state index in [1.807, 2.05) is 42.7 Å². The highest BCUT2D eigenvalue weighted by molar-refractivity contribution is 5.92. The first-order valence-electron chi connectivity index (χ1n) is 6.16.